The molecule has 1 heterocycles. The summed E-state index contributed by atoms with van der Waals surface area (Å²) in [7, 11) is 0. The second-order valence-corrected chi connectivity index (χ2v) is 6.59. The Kier molecular flexibility index (Phi) is 6.32. The van der Waals surface area contributed by atoms with E-state index in [1.54, 1.807) is 0 Å². The molecule has 2 nitrogen and oxygen atoms in total. The lowest BCUT2D eigenvalue weighted by Gasteiger charge is -2.50. The van der Waals surface area contributed by atoms with Crippen molar-refractivity contribution in [3.8, 4) is 0 Å². The average molecular weight is 258 g/mol. The van der Waals surface area contributed by atoms with Crippen LogP contribution in [-0.2, 0) is 0 Å². The van der Waals surface area contributed by atoms with Gasteiger partial charge < -0.3 is 5.32 Å². The van der Waals surface area contributed by atoms with Crippen molar-refractivity contribution in [2.24, 2.45) is 5.92 Å². The van der Waals surface area contributed by atoms with Gasteiger partial charge >= 0.3 is 0 Å². The van der Waals surface area contributed by atoms with E-state index >= 15 is 0 Å². The molecule has 0 saturated carbocycles. The average Bonchev–Trinajstić information content (AvgIpc) is 2.35. The van der Waals surface area contributed by atoms with Gasteiger partial charge in [0.15, 0.2) is 0 Å². The Balaban J connectivity index is 2.71. The van der Waals surface area contributed by atoms with Crippen molar-refractivity contribution in [1.29, 1.82) is 0 Å². The molecule has 1 saturated heterocycles. The van der Waals surface area contributed by atoms with E-state index in [1.807, 2.05) is 11.8 Å². The first-order valence-electron chi connectivity index (χ1n) is 7.07. The quantitative estimate of drug-likeness (QED) is 0.789. The summed E-state index contributed by atoms with van der Waals surface area (Å²) < 4.78 is 0. The zero-order chi connectivity index (χ0) is 12.9. The van der Waals surface area contributed by atoms with Gasteiger partial charge in [-0.3, -0.25) is 4.90 Å². The van der Waals surface area contributed by atoms with E-state index in [-0.39, 0.29) is 0 Å². The van der Waals surface area contributed by atoms with Crippen molar-refractivity contribution in [1.82, 2.24) is 10.2 Å². The standard InChI is InChI=1S/C14H30N2S/c1-6-14(7-2)11-15-13(12(3)4)10-16(14)8-9-17-5/h12-13,15H,6-11H2,1-5H3. The van der Waals surface area contributed by atoms with E-state index in [2.05, 4.69) is 44.2 Å². The maximum Gasteiger partial charge on any atom is 0.0329 e. The molecule has 1 rings (SSSR count). The van der Waals surface area contributed by atoms with Gasteiger partial charge in [0.1, 0.15) is 0 Å². The topological polar surface area (TPSA) is 15.3 Å². The molecule has 0 aromatic rings. The molecule has 17 heavy (non-hydrogen) atoms. The summed E-state index contributed by atoms with van der Waals surface area (Å²) in [4.78, 5) is 2.75. The fraction of sp³-hybridized carbons (Fsp3) is 1.00. The molecule has 0 aromatic carbocycles. The largest absolute Gasteiger partial charge is 0.311 e. The molecular weight excluding hydrogens is 228 g/mol. The molecule has 1 unspecified atom stereocenters. The first kappa shape index (κ1) is 15.3. The maximum absolute atomic E-state index is 3.77. The highest BCUT2D eigenvalue weighted by Crippen LogP contribution is 2.28. The summed E-state index contributed by atoms with van der Waals surface area (Å²) in [5, 5.41) is 3.77. The SMILES string of the molecule is CCC1(CC)CNC(C(C)C)CN1CCSC. The second kappa shape index (κ2) is 7.01. The molecule has 1 fully saturated rings. The van der Waals surface area contributed by atoms with Gasteiger partial charge in [0.05, 0.1) is 0 Å². The third kappa shape index (κ3) is 3.62. The van der Waals surface area contributed by atoms with Crippen LogP contribution in [0, 0.1) is 5.92 Å². The molecule has 3 heteroatoms. The zero-order valence-corrected chi connectivity index (χ0v) is 13.1. The summed E-state index contributed by atoms with van der Waals surface area (Å²) >= 11 is 1.96. The van der Waals surface area contributed by atoms with Crippen molar-refractivity contribution < 1.29 is 0 Å². The first-order valence-corrected chi connectivity index (χ1v) is 8.46. The van der Waals surface area contributed by atoms with Crippen LogP contribution in [0.1, 0.15) is 40.5 Å². The fourth-order valence-electron chi connectivity index (χ4n) is 2.85. The van der Waals surface area contributed by atoms with Gasteiger partial charge in [-0.15, -0.1) is 0 Å². The predicted octanol–water partition coefficient (Wildman–Crippen LogP) is 2.84. The molecule has 1 aliphatic heterocycles. The minimum Gasteiger partial charge on any atom is -0.311 e. The number of hydrogen-bond donors (Lipinski definition) is 1. The van der Waals surface area contributed by atoms with Gasteiger partial charge in [0, 0.05) is 37.0 Å². The number of nitrogens with one attached hydrogen (secondary N) is 1. The molecule has 0 aromatic heterocycles. The van der Waals surface area contributed by atoms with Crippen LogP contribution in [0.25, 0.3) is 0 Å². The lowest BCUT2D eigenvalue weighted by atomic mass is 9.85. The van der Waals surface area contributed by atoms with Crippen molar-refractivity contribution >= 4 is 11.8 Å². The van der Waals surface area contributed by atoms with Gasteiger partial charge in [-0.05, 0) is 25.0 Å². The highest BCUT2D eigenvalue weighted by molar-refractivity contribution is 7.98. The van der Waals surface area contributed by atoms with E-state index in [9.17, 15) is 0 Å². The summed E-state index contributed by atoms with van der Waals surface area (Å²) in [5.74, 6) is 1.99. The van der Waals surface area contributed by atoms with E-state index in [0.717, 1.165) is 12.5 Å². The predicted molar refractivity (Wildman–Crippen MR) is 79.9 cm³/mol. The Bertz CT molecular complexity index is 214. The zero-order valence-electron chi connectivity index (χ0n) is 12.3. The summed E-state index contributed by atoms with van der Waals surface area (Å²) in [6.07, 6.45) is 4.73. The number of rotatable bonds is 6. The molecule has 1 atom stereocenters. The Labute approximate surface area is 112 Å². The van der Waals surface area contributed by atoms with Crippen molar-refractivity contribution in [3.63, 3.8) is 0 Å². The summed E-state index contributed by atoms with van der Waals surface area (Å²) in [6, 6.07) is 0.670. The molecule has 102 valence electrons. The highest BCUT2D eigenvalue weighted by Gasteiger charge is 2.38. The van der Waals surface area contributed by atoms with E-state index in [4.69, 9.17) is 0 Å². The number of thioether (sulfide) groups is 1. The van der Waals surface area contributed by atoms with Crippen molar-refractivity contribution in [2.75, 3.05) is 31.6 Å². The third-order valence-corrected chi connectivity index (χ3v) is 5.06. The molecule has 0 spiro atoms. The second-order valence-electron chi connectivity index (χ2n) is 5.60. The van der Waals surface area contributed by atoms with E-state index < -0.39 is 0 Å². The van der Waals surface area contributed by atoms with Gasteiger partial charge in [-0.25, -0.2) is 0 Å². The van der Waals surface area contributed by atoms with Gasteiger partial charge in [-0.2, -0.15) is 11.8 Å². The molecule has 0 bridgehead atoms. The minimum atomic E-state index is 0.404. The number of nitrogens with zero attached hydrogens (tertiary/aromatic N) is 1. The van der Waals surface area contributed by atoms with Gasteiger partial charge in [0.25, 0.3) is 0 Å². The molecule has 1 aliphatic rings. The van der Waals surface area contributed by atoms with Crippen LogP contribution in [-0.4, -0.2) is 48.1 Å². The lowest BCUT2D eigenvalue weighted by Crippen LogP contribution is -2.65. The van der Waals surface area contributed by atoms with Crippen LogP contribution >= 0.6 is 11.8 Å². The molecule has 1 N–H and O–H groups in total. The monoisotopic (exact) mass is 258 g/mol. The molecule has 0 radical (unpaired) electrons. The van der Waals surface area contributed by atoms with Crippen LogP contribution in [0.3, 0.4) is 0 Å². The molecule has 0 aliphatic carbocycles. The summed E-state index contributed by atoms with van der Waals surface area (Å²) in [6.45, 7) is 13.0. The third-order valence-electron chi connectivity index (χ3n) is 4.47. The summed E-state index contributed by atoms with van der Waals surface area (Å²) in [5.41, 5.74) is 0.404. The smallest absolute Gasteiger partial charge is 0.0329 e. The van der Waals surface area contributed by atoms with Crippen LogP contribution in [0.2, 0.25) is 0 Å². The Morgan fingerprint density at radius 3 is 2.47 bits per heavy atom. The minimum absolute atomic E-state index is 0.404. The van der Waals surface area contributed by atoms with Crippen LogP contribution in [0.15, 0.2) is 0 Å². The normalized spacial score (nSPS) is 25.4. The Morgan fingerprint density at radius 2 is 2.00 bits per heavy atom. The van der Waals surface area contributed by atoms with Crippen LogP contribution < -0.4 is 5.32 Å². The van der Waals surface area contributed by atoms with Crippen molar-refractivity contribution in [2.45, 2.75) is 52.1 Å². The first-order chi connectivity index (χ1) is 8.09. The fourth-order valence-corrected chi connectivity index (χ4v) is 3.26. The lowest BCUT2D eigenvalue weighted by molar-refractivity contribution is 0.0280. The Morgan fingerprint density at radius 1 is 1.35 bits per heavy atom. The van der Waals surface area contributed by atoms with E-state index in [1.165, 1.54) is 31.7 Å². The maximum atomic E-state index is 3.77. The van der Waals surface area contributed by atoms with Crippen LogP contribution in [0.5, 0.6) is 0 Å². The number of piperazine rings is 1. The molecule has 0 amide bonds. The Hall–Kier alpha value is 0.270. The van der Waals surface area contributed by atoms with Gasteiger partial charge in [-0.1, -0.05) is 27.7 Å². The van der Waals surface area contributed by atoms with Crippen molar-refractivity contribution in [3.05, 3.63) is 0 Å². The van der Waals surface area contributed by atoms with Crippen LogP contribution in [0.4, 0.5) is 0 Å². The van der Waals surface area contributed by atoms with Gasteiger partial charge in [0.2, 0.25) is 0 Å². The number of hydrogen-bond acceptors (Lipinski definition) is 3. The van der Waals surface area contributed by atoms with E-state index in [0.29, 0.717) is 11.6 Å². The molecular formula is C14H30N2S. The highest BCUT2D eigenvalue weighted by atomic mass is 32.2.